The molecule has 2 heteroatoms. The summed E-state index contributed by atoms with van der Waals surface area (Å²) in [7, 11) is 0. The van der Waals surface area contributed by atoms with Crippen LogP contribution in [0.2, 0.25) is 0 Å². The maximum Gasteiger partial charge on any atom is 0.125 e. The van der Waals surface area contributed by atoms with Gasteiger partial charge in [0, 0.05) is 12.4 Å². The maximum absolute atomic E-state index is 4.04. The fourth-order valence-electron chi connectivity index (χ4n) is 1.63. The fourth-order valence-corrected chi connectivity index (χ4v) is 1.63. The largest absolute Gasteiger partial charge is 0.241 e. The van der Waals surface area contributed by atoms with Crippen LogP contribution in [0.3, 0.4) is 0 Å². The van der Waals surface area contributed by atoms with Gasteiger partial charge >= 0.3 is 0 Å². The Morgan fingerprint density at radius 1 is 0.750 bits per heavy atom. The van der Waals surface area contributed by atoms with Crippen molar-refractivity contribution in [3.8, 4) is 0 Å². The van der Waals surface area contributed by atoms with Crippen molar-refractivity contribution in [1.29, 1.82) is 0 Å². The molecule has 0 saturated carbocycles. The average Bonchev–Trinajstić information content (AvgIpc) is 2.51. The lowest BCUT2D eigenvalue weighted by Gasteiger charge is -1.96. The van der Waals surface area contributed by atoms with Crippen molar-refractivity contribution >= 4 is 0 Å². The van der Waals surface area contributed by atoms with Crippen LogP contribution in [-0.4, -0.2) is 9.97 Å². The van der Waals surface area contributed by atoms with Crippen LogP contribution in [-0.2, 0) is 6.42 Å². The van der Waals surface area contributed by atoms with E-state index >= 15 is 0 Å². The van der Waals surface area contributed by atoms with Gasteiger partial charge in [0.2, 0.25) is 0 Å². The zero-order chi connectivity index (χ0) is 15.6. The van der Waals surface area contributed by atoms with Crippen LogP contribution >= 0.6 is 0 Å². The molecule has 0 fully saturated rings. The Morgan fingerprint density at radius 3 is 1.50 bits per heavy atom. The molecule has 20 heavy (non-hydrogen) atoms. The third kappa shape index (κ3) is 15.1. The SMILES string of the molecule is CC.CCCCCCCCC.CCc1cnc(C)nc1. The van der Waals surface area contributed by atoms with E-state index < -0.39 is 0 Å². The molecule has 0 bridgehead atoms. The molecule has 0 amide bonds. The van der Waals surface area contributed by atoms with E-state index in [2.05, 4.69) is 30.7 Å². The minimum atomic E-state index is 0.840. The van der Waals surface area contributed by atoms with Gasteiger partial charge in [-0.25, -0.2) is 9.97 Å². The number of rotatable bonds is 7. The highest BCUT2D eigenvalue weighted by Gasteiger charge is 1.87. The Bertz CT molecular complexity index is 261. The Balaban J connectivity index is 0. The number of nitrogens with zero attached hydrogens (tertiary/aromatic N) is 2. The van der Waals surface area contributed by atoms with Gasteiger partial charge in [-0.2, -0.15) is 0 Å². The summed E-state index contributed by atoms with van der Waals surface area (Å²) in [6.07, 6.45) is 14.7. The third-order valence-corrected chi connectivity index (χ3v) is 2.95. The Morgan fingerprint density at radius 2 is 1.15 bits per heavy atom. The highest BCUT2D eigenvalue weighted by Crippen LogP contribution is 2.05. The second kappa shape index (κ2) is 18.1. The topological polar surface area (TPSA) is 25.8 Å². The molecule has 1 heterocycles. The third-order valence-electron chi connectivity index (χ3n) is 2.95. The van der Waals surface area contributed by atoms with E-state index in [0.29, 0.717) is 0 Å². The van der Waals surface area contributed by atoms with Gasteiger partial charge in [0.25, 0.3) is 0 Å². The first-order valence-electron chi connectivity index (χ1n) is 8.52. The second-order valence-corrected chi connectivity index (χ2v) is 4.76. The summed E-state index contributed by atoms with van der Waals surface area (Å²) < 4.78 is 0. The van der Waals surface area contributed by atoms with E-state index in [1.807, 2.05) is 33.2 Å². The van der Waals surface area contributed by atoms with Gasteiger partial charge < -0.3 is 0 Å². The Hall–Kier alpha value is -0.920. The van der Waals surface area contributed by atoms with Gasteiger partial charge in [-0.05, 0) is 18.9 Å². The minimum Gasteiger partial charge on any atom is -0.241 e. The van der Waals surface area contributed by atoms with Crippen LogP contribution in [0.25, 0.3) is 0 Å². The molecule has 118 valence electrons. The molecule has 1 aromatic heterocycles. The predicted octanol–water partition coefficient (Wildman–Crippen LogP) is 6.13. The minimum absolute atomic E-state index is 0.840. The van der Waals surface area contributed by atoms with E-state index in [1.54, 1.807) is 0 Å². The molecule has 1 rings (SSSR count). The van der Waals surface area contributed by atoms with Gasteiger partial charge in [0.1, 0.15) is 5.82 Å². The summed E-state index contributed by atoms with van der Waals surface area (Å²) in [6.45, 7) is 12.5. The van der Waals surface area contributed by atoms with Crippen molar-refractivity contribution in [1.82, 2.24) is 9.97 Å². The van der Waals surface area contributed by atoms with Crippen LogP contribution in [0.5, 0.6) is 0 Å². The lowest BCUT2D eigenvalue weighted by molar-refractivity contribution is 0.602. The summed E-state index contributed by atoms with van der Waals surface area (Å²) in [5.74, 6) is 0.840. The molecule has 0 aliphatic rings. The molecule has 0 aliphatic carbocycles. The zero-order valence-electron chi connectivity index (χ0n) is 14.7. The van der Waals surface area contributed by atoms with Crippen molar-refractivity contribution in [2.45, 2.75) is 92.9 Å². The molecule has 0 radical (unpaired) electrons. The molecule has 2 nitrogen and oxygen atoms in total. The van der Waals surface area contributed by atoms with E-state index in [4.69, 9.17) is 0 Å². The van der Waals surface area contributed by atoms with Crippen LogP contribution < -0.4 is 0 Å². The maximum atomic E-state index is 4.04. The number of aromatic nitrogens is 2. The lowest BCUT2D eigenvalue weighted by atomic mass is 10.1. The molecule has 0 unspecified atom stereocenters. The standard InChI is InChI=1S/C9H20.C7H10N2.C2H6/c1-3-5-7-9-8-6-4-2;1-3-7-4-8-6(2)9-5-7;1-2/h3-9H2,1-2H3;4-5H,3H2,1-2H3;1-2H3. The summed E-state index contributed by atoms with van der Waals surface area (Å²) >= 11 is 0. The first kappa shape index (κ1) is 21.4. The van der Waals surface area contributed by atoms with Crippen molar-refractivity contribution in [2.24, 2.45) is 0 Å². The fraction of sp³-hybridized carbons (Fsp3) is 0.778. The van der Waals surface area contributed by atoms with Gasteiger partial charge in [-0.3, -0.25) is 0 Å². The van der Waals surface area contributed by atoms with Crippen molar-refractivity contribution in [3.63, 3.8) is 0 Å². The normalized spacial score (nSPS) is 9.10. The molecule has 0 spiro atoms. The van der Waals surface area contributed by atoms with E-state index in [-0.39, 0.29) is 0 Å². The first-order chi connectivity index (χ1) is 9.74. The highest BCUT2D eigenvalue weighted by atomic mass is 14.8. The number of hydrogen-bond donors (Lipinski definition) is 0. The quantitative estimate of drug-likeness (QED) is 0.561. The summed E-state index contributed by atoms with van der Waals surface area (Å²) in [5, 5.41) is 0. The average molecular weight is 280 g/mol. The van der Waals surface area contributed by atoms with Crippen LogP contribution in [0.1, 0.15) is 91.0 Å². The zero-order valence-corrected chi connectivity index (χ0v) is 14.7. The summed E-state index contributed by atoms with van der Waals surface area (Å²) in [6, 6.07) is 0. The molecule has 0 saturated heterocycles. The van der Waals surface area contributed by atoms with Crippen LogP contribution in [0.15, 0.2) is 12.4 Å². The van der Waals surface area contributed by atoms with Gasteiger partial charge in [0.05, 0.1) is 0 Å². The van der Waals surface area contributed by atoms with E-state index in [9.17, 15) is 0 Å². The molecule has 0 aliphatic heterocycles. The second-order valence-electron chi connectivity index (χ2n) is 4.76. The summed E-state index contributed by atoms with van der Waals surface area (Å²) in [5.41, 5.74) is 1.20. The molecule has 0 N–H and O–H groups in total. The van der Waals surface area contributed by atoms with Crippen molar-refractivity contribution < 1.29 is 0 Å². The van der Waals surface area contributed by atoms with Crippen molar-refractivity contribution in [2.75, 3.05) is 0 Å². The first-order valence-corrected chi connectivity index (χ1v) is 8.52. The van der Waals surface area contributed by atoms with E-state index in [0.717, 1.165) is 12.2 Å². The number of aryl methyl sites for hydroxylation is 2. The molecule has 0 aromatic carbocycles. The summed E-state index contributed by atoms with van der Waals surface area (Å²) in [4.78, 5) is 8.08. The Labute approximate surface area is 127 Å². The van der Waals surface area contributed by atoms with Gasteiger partial charge in [-0.15, -0.1) is 0 Å². The smallest absolute Gasteiger partial charge is 0.125 e. The lowest BCUT2D eigenvalue weighted by Crippen LogP contribution is -1.88. The molecular weight excluding hydrogens is 244 g/mol. The number of unbranched alkanes of at least 4 members (excludes halogenated alkanes) is 6. The molecule has 0 atom stereocenters. The van der Waals surface area contributed by atoms with Crippen molar-refractivity contribution in [3.05, 3.63) is 23.8 Å². The molecular formula is C18H36N2. The number of hydrogen-bond acceptors (Lipinski definition) is 2. The van der Waals surface area contributed by atoms with Gasteiger partial charge in [-0.1, -0.05) is 79.6 Å². The highest BCUT2D eigenvalue weighted by molar-refractivity contribution is 5.03. The van der Waals surface area contributed by atoms with Gasteiger partial charge in [0.15, 0.2) is 0 Å². The molecule has 1 aromatic rings. The predicted molar refractivity (Wildman–Crippen MR) is 91.2 cm³/mol. The van der Waals surface area contributed by atoms with E-state index in [1.165, 1.54) is 50.5 Å². The van der Waals surface area contributed by atoms with Crippen LogP contribution in [0, 0.1) is 6.92 Å². The Kier molecular flexibility index (Phi) is 19.3. The van der Waals surface area contributed by atoms with Crippen LogP contribution in [0.4, 0.5) is 0 Å². The monoisotopic (exact) mass is 280 g/mol.